The van der Waals surface area contributed by atoms with Crippen LogP contribution in [-0.4, -0.2) is 21.1 Å². The molecule has 1 aromatic heterocycles. The van der Waals surface area contributed by atoms with E-state index in [1.807, 2.05) is 12.1 Å². The Morgan fingerprint density at radius 1 is 1.18 bits per heavy atom. The van der Waals surface area contributed by atoms with Crippen LogP contribution in [0.5, 0.6) is 11.5 Å². The van der Waals surface area contributed by atoms with Crippen molar-refractivity contribution < 1.29 is 15.0 Å². The zero-order chi connectivity index (χ0) is 15.7. The number of rotatable bonds is 3. The molecule has 0 aliphatic heterocycles. The van der Waals surface area contributed by atoms with E-state index >= 15 is 0 Å². The summed E-state index contributed by atoms with van der Waals surface area (Å²) in [6.07, 6.45) is 0.947. The first-order valence-corrected chi connectivity index (χ1v) is 7.61. The second kappa shape index (κ2) is 5.65. The zero-order valence-electron chi connectivity index (χ0n) is 11.8. The number of carbonyl (C=O) groups excluding carboxylic acids is 1. The maximum Gasteiger partial charge on any atom is 0.257 e. The van der Waals surface area contributed by atoms with E-state index < -0.39 is 0 Å². The summed E-state index contributed by atoms with van der Waals surface area (Å²) in [6, 6.07) is 9.95. The lowest BCUT2D eigenvalue weighted by molar-refractivity contribution is 0.102. The molecule has 2 aromatic carbocycles. The number of aromatic nitrogens is 1. The van der Waals surface area contributed by atoms with Crippen LogP contribution in [0.3, 0.4) is 0 Å². The van der Waals surface area contributed by atoms with Gasteiger partial charge in [-0.2, -0.15) is 0 Å². The van der Waals surface area contributed by atoms with Gasteiger partial charge in [0.05, 0.1) is 10.2 Å². The van der Waals surface area contributed by atoms with Crippen molar-refractivity contribution in [3.8, 4) is 11.5 Å². The van der Waals surface area contributed by atoms with E-state index in [4.69, 9.17) is 0 Å². The summed E-state index contributed by atoms with van der Waals surface area (Å²) in [6.45, 7) is 2.09. The third-order valence-electron chi connectivity index (χ3n) is 3.32. The van der Waals surface area contributed by atoms with Crippen molar-refractivity contribution in [3.63, 3.8) is 0 Å². The molecule has 6 heteroatoms. The molecule has 112 valence electrons. The van der Waals surface area contributed by atoms with Crippen molar-refractivity contribution in [1.82, 2.24) is 4.98 Å². The summed E-state index contributed by atoms with van der Waals surface area (Å²) in [7, 11) is 0. The van der Waals surface area contributed by atoms with Crippen LogP contribution in [-0.2, 0) is 6.42 Å². The molecule has 1 heterocycles. The number of phenols is 2. The van der Waals surface area contributed by atoms with Crippen molar-refractivity contribution in [2.45, 2.75) is 13.3 Å². The van der Waals surface area contributed by atoms with Crippen molar-refractivity contribution in [2.24, 2.45) is 0 Å². The monoisotopic (exact) mass is 314 g/mol. The molecule has 0 radical (unpaired) electrons. The smallest absolute Gasteiger partial charge is 0.257 e. The first-order valence-electron chi connectivity index (χ1n) is 6.79. The Labute approximate surface area is 130 Å². The van der Waals surface area contributed by atoms with E-state index in [9.17, 15) is 15.0 Å². The third-order valence-corrected chi connectivity index (χ3v) is 4.25. The van der Waals surface area contributed by atoms with Crippen molar-refractivity contribution in [3.05, 3.63) is 47.5 Å². The number of nitrogens with zero attached hydrogens (tertiary/aromatic N) is 1. The van der Waals surface area contributed by atoms with Crippen LogP contribution in [0.25, 0.3) is 10.2 Å². The van der Waals surface area contributed by atoms with E-state index in [1.54, 1.807) is 0 Å². The van der Waals surface area contributed by atoms with Crippen molar-refractivity contribution in [2.75, 3.05) is 5.32 Å². The lowest BCUT2D eigenvalue weighted by atomic mass is 10.2. The first kappa shape index (κ1) is 14.3. The predicted octanol–water partition coefficient (Wildman–Crippen LogP) is 3.52. The molecule has 3 aromatic rings. The molecule has 0 atom stereocenters. The second-order valence-electron chi connectivity index (χ2n) is 4.83. The highest BCUT2D eigenvalue weighted by Crippen LogP contribution is 2.28. The average Bonchev–Trinajstić information content (AvgIpc) is 2.90. The van der Waals surface area contributed by atoms with Gasteiger partial charge in [-0.05, 0) is 42.3 Å². The molecule has 0 fully saturated rings. The van der Waals surface area contributed by atoms with Crippen LogP contribution in [0.15, 0.2) is 36.4 Å². The molecular weight excluding hydrogens is 300 g/mol. The van der Waals surface area contributed by atoms with Gasteiger partial charge in [0.15, 0.2) is 16.6 Å². The number of anilines is 1. The van der Waals surface area contributed by atoms with Gasteiger partial charge in [0.25, 0.3) is 5.91 Å². The van der Waals surface area contributed by atoms with Crippen LogP contribution >= 0.6 is 11.3 Å². The number of carbonyl (C=O) groups is 1. The van der Waals surface area contributed by atoms with E-state index in [0.717, 1.165) is 16.6 Å². The molecular formula is C16H14N2O3S. The third kappa shape index (κ3) is 2.73. The fourth-order valence-electron chi connectivity index (χ4n) is 2.08. The minimum Gasteiger partial charge on any atom is -0.504 e. The average molecular weight is 314 g/mol. The summed E-state index contributed by atoms with van der Waals surface area (Å²) < 4.78 is 1.02. The Morgan fingerprint density at radius 3 is 2.73 bits per heavy atom. The van der Waals surface area contributed by atoms with Crippen molar-refractivity contribution in [1.29, 1.82) is 0 Å². The number of aromatic hydroxyl groups is 2. The fraction of sp³-hybridized carbons (Fsp3) is 0.125. The number of benzene rings is 2. The van der Waals surface area contributed by atoms with Crippen LogP contribution in [0, 0.1) is 0 Å². The van der Waals surface area contributed by atoms with Gasteiger partial charge in [-0.15, -0.1) is 0 Å². The van der Waals surface area contributed by atoms with Crippen molar-refractivity contribution >= 4 is 32.6 Å². The first-order chi connectivity index (χ1) is 10.6. The Balaban J connectivity index is 1.85. The SMILES string of the molecule is CCc1ccc2nc(NC(=O)c3ccc(O)c(O)c3)sc2c1. The normalized spacial score (nSPS) is 10.8. The highest BCUT2D eigenvalue weighted by molar-refractivity contribution is 7.22. The fourth-order valence-corrected chi connectivity index (χ4v) is 3.00. The number of phenolic OH excluding ortho intramolecular Hbond substituents is 2. The van der Waals surface area contributed by atoms with Gasteiger partial charge in [-0.25, -0.2) is 4.98 Å². The second-order valence-corrected chi connectivity index (χ2v) is 5.86. The predicted molar refractivity (Wildman–Crippen MR) is 86.7 cm³/mol. The van der Waals surface area contributed by atoms with Crippen LogP contribution in [0.2, 0.25) is 0 Å². The summed E-state index contributed by atoms with van der Waals surface area (Å²) in [5.41, 5.74) is 2.31. The number of hydrogen-bond acceptors (Lipinski definition) is 5. The molecule has 3 N–H and O–H groups in total. The van der Waals surface area contributed by atoms with Gasteiger partial charge in [0.1, 0.15) is 0 Å². The van der Waals surface area contributed by atoms with E-state index in [1.165, 1.54) is 35.1 Å². The molecule has 0 unspecified atom stereocenters. The number of fused-ring (bicyclic) bond motifs is 1. The summed E-state index contributed by atoms with van der Waals surface area (Å²) in [5, 5.41) is 21.9. The molecule has 3 rings (SSSR count). The number of aryl methyl sites for hydroxylation is 1. The summed E-state index contributed by atoms with van der Waals surface area (Å²) >= 11 is 1.40. The molecule has 22 heavy (non-hydrogen) atoms. The summed E-state index contributed by atoms with van der Waals surface area (Å²) in [4.78, 5) is 16.5. The molecule has 0 saturated carbocycles. The molecule has 5 nitrogen and oxygen atoms in total. The van der Waals surface area contributed by atoms with Gasteiger partial charge >= 0.3 is 0 Å². The minimum absolute atomic E-state index is 0.254. The Hall–Kier alpha value is -2.60. The Morgan fingerprint density at radius 2 is 2.00 bits per heavy atom. The molecule has 0 aliphatic rings. The van der Waals surface area contributed by atoms with Crippen LogP contribution in [0.1, 0.15) is 22.8 Å². The molecule has 1 amide bonds. The molecule has 0 spiro atoms. The van der Waals surface area contributed by atoms with Gasteiger partial charge < -0.3 is 10.2 Å². The van der Waals surface area contributed by atoms with Crippen LogP contribution < -0.4 is 5.32 Å². The summed E-state index contributed by atoms with van der Waals surface area (Å²) in [5.74, 6) is -0.974. The highest BCUT2D eigenvalue weighted by atomic mass is 32.1. The standard InChI is InChI=1S/C16H14N2O3S/c1-2-9-3-5-11-14(7-9)22-16(17-11)18-15(21)10-4-6-12(19)13(20)8-10/h3-8,19-20H,2H2,1H3,(H,17,18,21). The topological polar surface area (TPSA) is 82.5 Å². The highest BCUT2D eigenvalue weighted by Gasteiger charge is 2.12. The van der Waals surface area contributed by atoms with Gasteiger partial charge in [0, 0.05) is 5.56 Å². The number of nitrogens with one attached hydrogen (secondary N) is 1. The maximum absolute atomic E-state index is 12.1. The lowest BCUT2D eigenvalue weighted by Crippen LogP contribution is -2.11. The van der Waals surface area contributed by atoms with Crippen LogP contribution in [0.4, 0.5) is 5.13 Å². The van der Waals surface area contributed by atoms with Gasteiger partial charge in [-0.1, -0.05) is 24.3 Å². The van der Waals surface area contributed by atoms with Gasteiger partial charge in [-0.3, -0.25) is 10.1 Å². The van der Waals surface area contributed by atoms with Gasteiger partial charge in [0.2, 0.25) is 0 Å². The minimum atomic E-state index is -0.384. The lowest BCUT2D eigenvalue weighted by Gasteiger charge is -2.03. The van der Waals surface area contributed by atoms with E-state index in [0.29, 0.717) is 5.13 Å². The Bertz CT molecular complexity index is 858. The Kier molecular flexibility index (Phi) is 3.68. The zero-order valence-corrected chi connectivity index (χ0v) is 12.6. The number of hydrogen-bond donors (Lipinski definition) is 3. The number of amides is 1. The number of thiazole rings is 1. The maximum atomic E-state index is 12.1. The quantitative estimate of drug-likeness (QED) is 0.646. The molecule has 0 bridgehead atoms. The van der Waals surface area contributed by atoms with E-state index in [-0.39, 0.29) is 23.0 Å². The largest absolute Gasteiger partial charge is 0.504 e. The van der Waals surface area contributed by atoms with E-state index in [2.05, 4.69) is 23.3 Å². The molecule has 0 aliphatic carbocycles. The molecule has 0 saturated heterocycles.